The van der Waals surface area contributed by atoms with Crippen molar-refractivity contribution in [2.45, 2.75) is 55.2 Å². The lowest BCUT2D eigenvalue weighted by Crippen LogP contribution is -2.51. The van der Waals surface area contributed by atoms with Gasteiger partial charge in [0.1, 0.15) is 11.9 Å². The molecule has 2 fully saturated rings. The lowest BCUT2D eigenvalue weighted by molar-refractivity contribution is 0.0927. The predicted molar refractivity (Wildman–Crippen MR) is 84.8 cm³/mol. The van der Waals surface area contributed by atoms with Crippen LogP contribution in [0.25, 0.3) is 6.08 Å². The molecule has 0 aromatic heterocycles. The van der Waals surface area contributed by atoms with Crippen LogP contribution in [0.3, 0.4) is 0 Å². The van der Waals surface area contributed by atoms with Crippen molar-refractivity contribution in [1.82, 2.24) is 5.32 Å². The number of rotatable bonds is 4. The molecule has 0 amide bonds. The van der Waals surface area contributed by atoms with Crippen LogP contribution in [0.2, 0.25) is 0 Å². The average molecular weight is 290 g/mol. The fraction of sp³-hybridized carbons (Fsp3) is 0.500. The SMILES string of the molecule is C=Cc1cc(OC2C[C@H]3CCC[C@@H](C2)N3)ccc1SN. The summed E-state index contributed by atoms with van der Waals surface area (Å²) in [5, 5.41) is 9.34. The minimum Gasteiger partial charge on any atom is -0.490 e. The van der Waals surface area contributed by atoms with E-state index in [1.165, 1.54) is 31.2 Å². The van der Waals surface area contributed by atoms with Gasteiger partial charge in [-0.05, 0) is 61.4 Å². The van der Waals surface area contributed by atoms with Gasteiger partial charge in [0.15, 0.2) is 0 Å². The summed E-state index contributed by atoms with van der Waals surface area (Å²) >= 11 is 1.25. The molecule has 3 atom stereocenters. The molecule has 2 bridgehead atoms. The molecule has 2 aliphatic heterocycles. The van der Waals surface area contributed by atoms with E-state index in [9.17, 15) is 0 Å². The first-order valence-electron chi connectivity index (χ1n) is 7.34. The largest absolute Gasteiger partial charge is 0.490 e. The molecule has 20 heavy (non-hydrogen) atoms. The van der Waals surface area contributed by atoms with Gasteiger partial charge in [-0.15, -0.1) is 0 Å². The minimum atomic E-state index is 0.334. The minimum absolute atomic E-state index is 0.334. The second kappa shape index (κ2) is 6.20. The lowest BCUT2D eigenvalue weighted by atomic mass is 9.85. The zero-order valence-electron chi connectivity index (χ0n) is 11.7. The van der Waals surface area contributed by atoms with Gasteiger partial charge in [-0.3, -0.25) is 5.14 Å². The molecule has 108 valence electrons. The van der Waals surface area contributed by atoms with E-state index in [1.54, 1.807) is 0 Å². The maximum absolute atomic E-state index is 6.20. The van der Waals surface area contributed by atoms with Crippen LogP contribution in [-0.2, 0) is 0 Å². The van der Waals surface area contributed by atoms with Crippen molar-refractivity contribution in [3.05, 3.63) is 30.3 Å². The highest BCUT2D eigenvalue weighted by Gasteiger charge is 2.32. The van der Waals surface area contributed by atoms with E-state index in [4.69, 9.17) is 9.88 Å². The van der Waals surface area contributed by atoms with Gasteiger partial charge in [0, 0.05) is 17.0 Å². The third-order valence-electron chi connectivity index (χ3n) is 4.30. The van der Waals surface area contributed by atoms with E-state index < -0.39 is 0 Å². The van der Waals surface area contributed by atoms with Crippen molar-refractivity contribution in [3.8, 4) is 5.75 Å². The van der Waals surface area contributed by atoms with Gasteiger partial charge in [0.05, 0.1) is 0 Å². The number of piperidine rings is 2. The molecule has 0 aliphatic carbocycles. The Labute approximate surface area is 125 Å². The Morgan fingerprint density at radius 3 is 2.70 bits per heavy atom. The molecule has 1 aromatic carbocycles. The van der Waals surface area contributed by atoms with Crippen LogP contribution in [0.5, 0.6) is 5.75 Å². The van der Waals surface area contributed by atoms with Crippen molar-refractivity contribution in [1.29, 1.82) is 0 Å². The second-order valence-corrected chi connectivity index (χ2v) is 6.40. The highest BCUT2D eigenvalue weighted by Crippen LogP contribution is 2.30. The highest BCUT2D eigenvalue weighted by molar-refractivity contribution is 7.97. The average Bonchev–Trinajstić information content (AvgIpc) is 2.46. The fourth-order valence-corrected chi connectivity index (χ4v) is 3.79. The van der Waals surface area contributed by atoms with Crippen LogP contribution in [-0.4, -0.2) is 18.2 Å². The van der Waals surface area contributed by atoms with E-state index in [2.05, 4.69) is 11.9 Å². The summed E-state index contributed by atoms with van der Waals surface area (Å²) in [6.07, 6.45) is 8.34. The molecule has 2 heterocycles. The van der Waals surface area contributed by atoms with E-state index in [0.717, 1.165) is 29.1 Å². The van der Waals surface area contributed by atoms with Crippen molar-refractivity contribution in [2.24, 2.45) is 5.14 Å². The molecule has 0 saturated carbocycles. The first-order valence-corrected chi connectivity index (χ1v) is 8.22. The Kier molecular flexibility index (Phi) is 4.34. The van der Waals surface area contributed by atoms with Crippen molar-refractivity contribution >= 4 is 18.0 Å². The number of nitrogens with one attached hydrogen (secondary N) is 1. The van der Waals surface area contributed by atoms with Crippen LogP contribution in [0.15, 0.2) is 29.7 Å². The van der Waals surface area contributed by atoms with Crippen molar-refractivity contribution in [2.75, 3.05) is 0 Å². The summed E-state index contributed by atoms with van der Waals surface area (Å²) in [7, 11) is 0. The van der Waals surface area contributed by atoms with Crippen molar-refractivity contribution in [3.63, 3.8) is 0 Å². The van der Waals surface area contributed by atoms with Gasteiger partial charge in [0.25, 0.3) is 0 Å². The Balaban J connectivity index is 1.69. The van der Waals surface area contributed by atoms with Gasteiger partial charge in [0.2, 0.25) is 0 Å². The number of fused-ring (bicyclic) bond motifs is 2. The van der Waals surface area contributed by atoms with E-state index in [0.29, 0.717) is 18.2 Å². The molecular formula is C16H22N2OS. The van der Waals surface area contributed by atoms with Gasteiger partial charge < -0.3 is 10.1 Å². The predicted octanol–water partition coefficient (Wildman–Crippen LogP) is 3.35. The zero-order chi connectivity index (χ0) is 13.9. The number of benzene rings is 1. The Morgan fingerprint density at radius 2 is 2.05 bits per heavy atom. The standard InChI is InChI=1S/C16H22N2OS/c1-2-11-8-14(6-7-16(11)20-17)19-15-9-12-4-3-5-13(10-15)18-12/h2,6-8,12-13,15,18H,1,3-5,9-10,17H2/t12-,13+,15?. The van der Waals surface area contributed by atoms with E-state index >= 15 is 0 Å². The molecule has 2 aliphatic rings. The Morgan fingerprint density at radius 1 is 1.30 bits per heavy atom. The molecule has 0 spiro atoms. The maximum Gasteiger partial charge on any atom is 0.120 e. The van der Waals surface area contributed by atoms with Crippen LogP contribution < -0.4 is 15.2 Å². The van der Waals surface area contributed by atoms with Crippen LogP contribution in [0.1, 0.15) is 37.7 Å². The molecule has 0 radical (unpaired) electrons. The molecule has 3 nitrogen and oxygen atoms in total. The Bertz CT molecular complexity index is 479. The zero-order valence-corrected chi connectivity index (χ0v) is 12.5. The third kappa shape index (κ3) is 3.03. The van der Waals surface area contributed by atoms with Crippen molar-refractivity contribution < 1.29 is 4.74 Å². The normalized spacial score (nSPS) is 28.9. The van der Waals surface area contributed by atoms with Gasteiger partial charge in [-0.1, -0.05) is 19.1 Å². The number of ether oxygens (including phenoxy) is 1. The number of hydrogen-bond donors (Lipinski definition) is 2. The first-order chi connectivity index (χ1) is 9.78. The molecule has 4 heteroatoms. The van der Waals surface area contributed by atoms with E-state index in [-0.39, 0.29) is 0 Å². The summed E-state index contributed by atoms with van der Waals surface area (Å²) in [5.74, 6) is 0.933. The summed E-state index contributed by atoms with van der Waals surface area (Å²) in [5.41, 5.74) is 1.05. The summed E-state index contributed by atoms with van der Waals surface area (Å²) in [6.45, 7) is 3.84. The molecular weight excluding hydrogens is 268 g/mol. The summed E-state index contributed by atoms with van der Waals surface area (Å²) in [4.78, 5) is 1.04. The molecule has 1 unspecified atom stereocenters. The monoisotopic (exact) mass is 290 g/mol. The first kappa shape index (κ1) is 14.0. The van der Waals surface area contributed by atoms with Crippen LogP contribution >= 0.6 is 11.9 Å². The summed E-state index contributed by atoms with van der Waals surface area (Å²) in [6, 6.07) is 7.36. The third-order valence-corrected chi connectivity index (χ3v) is 4.93. The maximum atomic E-state index is 6.20. The lowest BCUT2D eigenvalue weighted by Gasteiger charge is -2.40. The Hall–Kier alpha value is -0.970. The quantitative estimate of drug-likeness (QED) is 0.835. The van der Waals surface area contributed by atoms with Crippen LogP contribution in [0.4, 0.5) is 0 Å². The fourth-order valence-electron chi connectivity index (χ4n) is 3.37. The topological polar surface area (TPSA) is 47.3 Å². The van der Waals surface area contributed by atoms with Gasteiger partial charge >= 0.3 is 0 Å². The number of hydrogen-bond acceptors (Lipinski definition) is 4. The van der Waals surface area contributed by atoms with Crippen LogP contribution in [0, 0.1) is 0 Å². The molecule has 2 saturated heterocycles. The van der Waals surface area contributed by atoms with E-state index in [1.807, 2.05) is 24.3 Å². The van der Waals surface area contributed by atoms with Gasteiger partial charge in [-0.2, -0.15) is 0 Å². The number of nitrogens with two attached hydrogens (primary N) is 1. The highest BCUT2D eigenvalue weighted by atomic mass is 32.2. The molecule has 3 rings (SSSR count). The smallest absolute Gasteiger partial charge is 0.120 e. The molecule has 3 N–H and O–H groups in total. The molecule has 1 aromatic rings. The summed E-state index contributed by atoms with van der Waals surface area (Å²) < 4.78 is 6.20. The van der Waals surface area contributed by atoms with Gasteiger partial charge in [-0.25, -0.2) is 0 Å². The second-order valence-electron chi connectivity index (χ2n) is 5.72.